The van der Waals surface area contributed by atoms with Crippen molar-refractivity contribution in [3.8, 4) is 5.75 Å². The van der Waals surface area contributed by atoms with Crippen molar-refractivity contribution in [3.63, 3.8) is 0 Å². The third-order valence-corrected chi connectivity index (χ3v) is 6.17. The van der Waals surface area contributed by atoms with Crippen molar-refractivity contribution >= 4 is 23.0 Å². The van der Waals surface area contributed by atoms with E-state index >= 15 is 0 Å². The normalized spacial score (nSPS) is 14.3. The van der Waals surface area contributed by atoms with Crippen LogP contribution >= 0.6 is 0 Å². The van der Waals surface area contributed by atoms with E-state index in [9.17, 15) is 14.9 Å². The van der Waals surface area contributed by atoms with E-state index < -0.39 is 0 Å². The van der Waals surface area contributed by atoms with Gasteiger partial charge in [0.05, 0.1) is 11.5 Å². The molecule has 0 spiro atoms. The molecule has 0 aromatic heterocycles. The largest absolute Gasteiger partial charge is 0.494 e. The Labute approximate surface area is 205 Å². The molecule has 4 rings (SSSR count). The maximum absolute atomic E-state index is 13.0. The van der Waals surface area contributed by atoms with Crippen molar-refractivity contribution in [1.82, 2.24) is 4.90 Å². The summed E-state index contributed by atoms with van der Waals surface area (Å²) >= 11 is 0. The molecule has 3 aromatic rings. The molecule has 1 atom stereocenters. The van der Waals surface area contributed by atoms with Crippen molar-refractivity contribution in [2.24, 2.45) is 0 Å². The van der Waals surface area contributed by atoms with Crippen molar-refractivity contribution in [2.75, 3.05) is 43.0 Å². The summed E-state index contributed by atoms with van der Waals surface area (Å²) in [6.07, 6.45) is 0. The molecule has 3 aromatic carbocycles. The zero-order chi connectivity index (χ0) is 24.8. The van der Waals surface area contributed by atoms with Gasteiger partial charge in [0.25, 0.3) is 11.6 Å². The molecule has 35 heavy (non-hydrogen) atoms. The molecule has 1 fully saturated rings. The molecule has 1 N–H and O–H groups in total. The SMILES string of the molecule is CCOc1cccc(C(=O)N2CCN(c3ccc([N+](=O)[O-])c(N[C@H](C)c4ccccc4)c3)CC2)c1. The van der Waals surface area contributed by atoms with Crippen molar-refractivity contribution in [3.05, 3.63) is 94.0 Å². The lowest BCUT2D eigenvalue weighted by Gasteiger charge is -2.36. The lowest BCUT2D eigenvalue weighted by atomic mass is 10.1. The Morgan fingerprint density at radius 3 is 2.46 bits per heavy atom. The van der Waals surface area contributed by atoms with E-state index in [1.165, 1.54) is 0 Å². The average molecular weight is 475 g/mol. The maximum atomic E-state index is 13.0. The second-order valence-electron chi connectivity index (χ2n) is 8.48. The number of rotatable bonds is 8. The van der Waals surface area contributed by atoms with Gasteiger partial charge in [0.1, 0.15) is 11.4 Å². The predicted molar refractivity (Wildman–Crippen MR) is 137 cm³/mol. The number of carbonyl (C=O) groups excluding carboxylic acids is 1. The van der Waals surface area contributed by atoms with Gasteiger partial charge in [0, 0.05) is 49.5 Å². The summed E-state index contributed by atoms with van der Waals surface area (Å²) in [7, 11) is 0. The summed E-state index contributed by atoms with van der Waals surface area (Å²) in [5.74, 6) is 0.668. The summed E-state index contributed by atoms with van der Waals surface area (Å²) in [4.78, 5) is 28.3. The zero-order valence-electron chi connectivity index (χ0n) is 20.0. The first-order valence-corrected chi connectivity index (χ1v) is 11.8. The summed E-state index contributed by atoms with van der Waals surface area (Å²) in [5, 5.41) is 15.0. The van der Waals surface area contributed by atoms with Gasteiger partial charge in [-0.05, 0) is 49.7 Å². The van der Waals surface area contributed by atoms with E-state index in [4.69, 9.17) is 4.74 Å². The number of hydrogen-bond donors (Lipinski definition) is 1. The predicted octanol–water partition coefficient (Wildman–Crippen LogP) is 5.13. The van der Waals surface area contributed by atoms with E-state index in [0.29, 0.717) is 49.8 Å². The summed E-state index contributed by atoms with van der Waals surface area (Å²) in [5.41, 5.74) is 3.08. The Kier molecular flexibility index (Phi) is 7.50. The van der Waals surface area contributed by atoms with Gasteiger partial charge >= 0.3 is 0 Å². The van der Waals surface area contributed by atoms with Gasteiger partial charge in [-0.25, -0.2) is 0 Å². The second kappa shape index (κ2) is 10.9. The van der Waals surface area contributed by atoms with Crippen LogP contribution in [-0.2, 0) is 0 Å². The van der Waals surface area contributed by atoms with Crippen LogP contribution in [0.4, 0.5) is 17.1 Å². The number of nitro groups is 1. The monoisotopic (exact) mass is 474 g/mol. The van der Waals surface area contributed by atoms with Gasteiger partial charge in [-0.1, -0.05) is 36.4 Å². The fourth-order valence-electron chi connectivity index (χ4n) is 4.29. The Morgan fingerprint density at radius 1 is 1.03 bits per heavy atom. The van der Waals surface area contributed by atoms with Gasteiger partial charge in [0.2, 0.25) is 0 Å². The molecule has 1 saturated heterocycles. The highest BCUT2D eigenvalue weighted by Gasteiger charge is 2.24. The van der Waals surface area contributed by atoms with Crippen LogP contribution in [0.2, 0.25) is 0 Å². The van der Waals surface area contributed by atoms with Crippen molar-refractivity contribution in [1.29, 1.82) is 0 Å². The molecule has 182 valence electrons. The Morgan fingerprint density at radius 2 is 1.77 bits per heavy atom. The van der Waals surface area contributed by atoms with Crippen LogP contribution in [-0.4, -0.2) is 48.5 Å². The molecular formula is C27H30N4O4. The number of nitrogens with zero attached hydrogens (tertiary/aromatic N) is 3. The Balaban J connectivity index is 1.45. The Bertz CT molecular complexity index is 1180. The summed E-state index contributed by atoms with van der Waals surface area (Å²) in [6.45, 7) is 6.86. The van der Waals surface area contributed by atoms with E-state index in [0.717, 1.165) is 11.3 Å². The molecule has 1 amide bonds. The highest BCUT2D eigenvalue weighted by molar-refractivity contribution is 5.94. The maximum Gasteiger partial charge on any atom is 0.292 e. The third kappa shape index (κ3) is 5.71. The van der Waals surface area contributed by atoms with E-state index in [1.807, 2.05) is 67.3 Å². The molecule has 0 aliphatic carbocycles. The minimum atomic E-state index is -0.364. The number of carbonyl (C=O) groups is 1. The topological polar surface area (TPSA) is 88.0 Å². The number of anilines is 2. The van der Waals surface area contributed by atoms with Crippen LogP contribution in [0.3, 0.4) is 0 Å². The zero-order valence-corrected chi connectivity index (χ0v) is 20.0. The van der Waals surface area contributed by atoms with Crippen LogP contribution in [0.5, 0.6) is 5.75 Å². The summed E-state index contributed by atoms with van der Waals surface area (Å²) < 4.78 is 5.52. The number of nitro benzene ring substituents is 1. The average Bonchev–Trinajstić information content (AvgIpc) is 2.89. The molecule has 0 bridgehead atoms. The molecule has 1 aliphatic rings. The fraction of sp³-hybridized carbons (Fsp3) is 0.296. The van der Waals surface area contributed by atoms with Crippen molar-refractivity contribution in [2.45, 2.75) is 19.9 Å². The second-order valence-corrected chi connectivity index (χ2v) is 8.48. The number of ether oxygens (including phenoxy) is 1. The van der Waals surface area contributed by atoms with Crippen LogP contribution in [0.1, 0.15) is 35.8 Å². The first-order chi connectivity index (χ1) is 17.0. The molecule has 1 aliphatic heterocycles. The third-order valence-electron chi connectivity index (χ3n) is 6.17. The summed E-state index contributed by atoms with van der Waals surface area (Å²) in [6, 6.07) is 22.2. The molecule has 8 nitrogen and oxygen atoms in total. The molecule has 0 unspecified atom stereocenters. The smallest absolute Gasteiger partial charge is 0.292 e. The number of piperazine rings is 1. The standard InChI is InChI=1S/C27H30N4O4/c1-3-35-24-11-7-10-22(18-24)27(32)30-16-14-29(15-17-30)23-12-13-26(31(33)34)25(19-23)28-20(2)21-8-5-4-6-9-21/h4-13,18-20,28H,3,14-17H2,1-2H3/t20-/m1/s1. The Hall–Kier alpha value is -4.07. The molecule has 8 heteroatoms. The minimum Gasteiger partial charge on any atom is -0.494 e. The number of nitrogens with one attached hydrogen (secondary N) is 1. The fourth-order valence-corrected chi connectivity index (χ4v) is 4.29. The van der Waals surface area contributed by atoms with Gasteiger partial charge in [0.15, 0.2) is 0 Å². The van der Waals surface area contributed by atoms with Crippen LogP contribution < -0.4 is 15.0 Å². The molecule has 1 heterocycles. The lowest BCUT2D eigenvalue weighted by molar-refractivity contribution is -0.384. The highest BCUT2D eigenvalue weighted by Crippen LogP contribution is 2.33. The van der Waals surface area contributed by atoms with Crippen LogP contribution in [0.15, 0.2) is 72.8 Å². The minimum absolute atomic E-state index is 0.0195. The number of amides is 1. The van der Waals surface area contributed by atoms with E-state index in [-0.39, 0.29) is 22.6 Å². The first-order valence-electron chi connectivity index (χ1n) is 11.8. The quantitative estimate of drug-likeness (QED) is 0.360. The molecular weight excluding hydrogens is 444 g/mol. The van der Waals surface area contributed by atoms with Crippen LogP contribution in [0, 0.1) is 10.1 Å². The first kappa shape index (κ1) is 24.1. The van der Waals surface area contributed by atoms with Gasteiger partial charge in [-0.3, -0.25) is 14.9 Å². The van der Waals surface area contributed by atoms with E-state index in [1.54, 1.807) is 24.3 Å². The van der Waals surface area contributed by atoms with Crippen molar-refractivity contribution < 1.29 is 14.5 Å². The van der Waals surface area contributed by atoms with Crippen LogP contribution in [0.25, 0.3) is 0 Å². The van der Waals surface area contributed by atoms with Gasteiger partial charge in [-0.15, -0.1) is 0 Å². The highest BCUT2D eigenvalue weighted by atomic mass is 16.6. The number of hydrogen-bond acceptors (Lipinski definition) is 6. The molecule has 0 radical (unpaired) electrons. The number of benzene rings is 3. The van der Waals surface area contributed by atoms with Gasteiger partial charge in [-0.2, -0.15) is 0 Å². The molecule has 0 saturated carbocycles. The van der Waals surface area contributed by atoms with Gasteiger partial charge < -0.3 is 19.9 Å². The lowest BCUT2D eigenvalue weighted by Crippen LogP contribution is -2.48. The van der Waals surface area contributed by atoms with E-state index in [2.05, 4.69) is 10.2 Å².